The Balaban J connectivity index is 1.51. The lowest BCUT2D eigenvalue weighted by atomic mass is 9.97. The zero-order chi connectivity index (χ0) is 17.1. The summed E-state index contributed by atoms with van der Waals surface area (Å²) >= 11 is 0. The zero-order valence-electron chi connectivity index (χ0n) is 14.0. The minimum atomic E-state index is -0.149. The maximum atomic E-state index is 12.3. The molecule has 1 aromatic carbocycles. The van der Waals surface area contributed by atoms with Gasteiger partial charge in [-0.05, 0) is 24.5 Å². The second kappa shape index (κ2) is 7.03. The van der Waals surface area contributed by atoms with E-state index in [1.807, 2.05) is 24.3 Å². The molecule has 6 nitrogen and oxygen atoms in total. The van der Waals surface area contributed by atoms with Gasteiger partial charge >= 0.3 is 0 Å². The van der Waals surface area contributed by atoms with Crippen molar-refractivity contribution < 1.29 is 14.4 Å². The Labute approximate surface area is 141 Å². The highest BCUT2D eigenvalue weighted by Crippen LogP contribution is 2.27. The van der Waals surface area contributed by atoms with Crippen molar-refractivity contribution in [2.75, 3.05) is 31.1 Å². The van der Waals surface area contributed by atoms with E-state index in [1.165, 1.54) is 6.92 Å². The van der Waals surface area contributed by atoms with Crippen LogP contribution >= 0.6 is 0 Å². The smallest absolute Gasteiger partial charge is 0.231 e. The van der Waals surface area contributed by atoms with Crippen LogP contribution in [0.4, 0.5) is 5.69 Å². The molecule has 2 heterocycles. The monoisotopic (exact) mass is 329 g/mol. The summed E-state index contributed by atoms with van der Waals surface area (Å²) in [6, 6.07) is 7.75. The van der Waals surface area contributed by atoms with Crippen LogP contribution < -0.4 is 10.2 Å². The van der Waals surface area contributed by atoms with Gasteiger partial charge in [0.15, 0.2) is 0 Å². The summed E-state index contributed by atoms with van der Waals surface area (Å²) in [4.78, 5) is 39.3. The molecule has 0 saturated carbocycles. The number of rotatable bonds is 4. The largest absolute Gasteiger partial charge is 0.354 e. The second-order valence-electron chi connectivity index (χ2n) is 6.45. The lowest BCUT2D eigenvalue weighted by Crippen LogP contribution is -2.46. The van der Waals surface area contributed by atoms with Crippen LogP contribution in [0.3, 0.4) is 0 Å². The lowest BCUT2D eigenvalue weighted by Gasteiger charge is -2.31. The quantitative estimate of drug-likeness (QED) is 0.894. The molecule has 1 N–H and O–H groups in total. The minimum Gasteiger partial charge on any atom is -0.354 e. The summed E-state index contributed by atoms with van der Waals surface area (Å²) in [6.45, 7) is 3.67. The molecule has 0 bridgehead atoms. The van der Waals surface area contributed by atoms with E-state index < -0.39 is 0 Å². The van der Waals surface area contributed by atoms with Gasteiger partial charge in [-0.2, -0.15) is 0 Å². The number of hydrogen-bond donors (Lipinski definition) is 1. The maximum absolute atomic E-state index is 12.3. The molecule has 2 aliphatic heterocycles. The van der Waals surface area contributed by atoms with Crippen molar-refractivity contribution in [3.63, 3.8) is 0 Å². The molecule has 0 aromatic heterocycles. The molecule has 1 unspecified atom stereocenters. The highest BCUT2D eigenvalue weighted by Gasteiger charge is 2.28. The SMILES string of the molecule is CC(=O)N1CCCC(C(=O)NCCN2C(=O)Cc3ccccc32)C1. The van der Waals surface area contributed by atoms with Crippen LogP contribution in [-0.2, 0) is 20.8 Å². The number of anilines is 1. The van der Waals surface area contributed by atoms with Gasteiger partial charge in [-0.15, -0.1) is 0 Å². The Morgan fingerprint density at radius 3 is 2.88 bits per heavy atom. The molecule has 3 rings (SSSR count). The predicted molar refractivity (Wildman–Crippen MR) is 90.5 cm³/mol. The van der Waals surface area contributed by atoms with Gasteiger partial charge in [0, 0.05) is 38.8 Å². The van der Waals surface area contributed by atoms with Crippen molar-refractivity contribution in [3.8, 4) is 0 Å². The Bertz CT molecular complexity index is 659. The number of nitrogens with one attached hydrogen (secondary N) is 1. The van der Waals surface area contributed by atoms with Crippen molar-refractivity contribution >= 4 is 23.4 Å². The zero-order valence-corrected chi connectivity index (χ0v) is 14.0. The van der Waals surface area contributed by atoms with E-state index in [0.29, 0.717) is 26.1 Å². The molecule has 24 heavy (non-hydrogen) atoms. The van der Waals surface area contributed by atoms with E-state index in [1.54, 1.807) is 9.80 Å². The lowest BCUT2D eigenvalue weighted by molar-refractivity contribution is -0.134. The molecular weight excluding hydrogens is 306 g/mol. The third-order valence-corrected chi connectivity index (χ3v) is 4.80. The number of para-hydroxylation sites is 1. The molecular formula is C18H23N3O3. The summed E-state index contributed by atoms with van der Waals surface area (Å²) < 4.78 is 0. The fraction of sp³-hybridized carbons (Fsp3) is 0.500. The first-order valence-electron chi connectivity index (χ1n) is 8.48. The van der Waals surface area contributed by atoms with Crippen LogP contribution in [0.5, 0.6) is 0 Å². The summed E-state index contributed by atoms with van der Waals surface area (Å²) in [6.07, 6.45) is 2.09. The van der Waals surface area contributed by atoms with Gasteiger partial charge in [0.25, 0.3) is 0 Å². The molecule has 1 fully saturated rings. The number of benzene rings is 1. The molecule has 2 aliphatic rings. The number of carbonyl (C=O) groups is 3. The molecule has 1 atom stereocenters. The Kier molecular flexibility index (Phi) is 4.83. The highest BCUT2D eigenvalue weighted by atomic mass is 16.2. The fourth-order valence-electron chi connectivity index (χ4n) is 3.47. The number of likely N-dealkylation sites (tertiary alicyclic amines) is 1. The molecule has 0 radical (unpaired) electrons. The number of carbonyl (C=O) groups excluding carboxylic acids is 3. The van der Waals surface area contributed by atoms with Crippen LogP contribution in [0, 0.1) is 5.92 Å². The Morgan fingerprint density at radius 2 is 2.08 bits per heavy atom. The van der Waals surface area contributed by atoms with Gasteiger partial charge in [-0.1, -0.05) is 18.2 Å². The fourth-order valence-corrected chi connectivity index (χ4v) is 3.47. The topological polar surface area (TPSA) is 69.7 Å². The summed E-state index contributed by atoms with van der Waals surface area (Å²) in [7, 11) is 0. The summed E-state index contributed by atoms with van der Waals surface area (Å²) in [5.41, 5.74) is 1.98. The molecule has 0 spiro atoms. The van der Waals surface area contributed by atoms with Gasteiger partial charge in [0.05, 0.1) is 12.3 Å². The molecule has 0 aliphatic carbocycles. The van der Waals surface area contributed by atoms with E-state index in [4.69, 9.17) is 0 Å². The predicted octanol–water partition coefficient (Wildman–Crippen LogP) is 0.950. The number of nitrogens with zero attached hydrogens (tertiary/aromatic N) is 2. The van der Waals surface area contributed by atoms with E-state index in [-0.39, 0.29) is 23.6 Å². The first kappa shape index (κ1) is 16.5. The van der Waals surface area contributed by atoms with Crippen molar-refractivity contribution in [2.45, 2.75) is 26.2 Å². The molecule has 128 valence electrons. The van der Waals surface area contributed by atoms with Crippen LogP contribution in [0.25, 0.3) is 0 Å². The van der Waals surface area contributed by atoms with Gasteiger partial charge < -0.3 is 15.1 Å². The Hall–Kier alpha value is -2.37. The van der Waals surface area contributed by atoms with Gasteiger partial charge in [-0.25, -0.2) is 0 Å². The van der Waals surface area contributed by atoms with E-state index in [2.05, 4.69) is 5.32 Å². The highest BCUT2D eigenvalue weighted by molar-refractivity contribution is 6.01. The Morgan fingerprint density at radius 1 is 1.29 bits per heavy atom. The van der Waals surface area contributed by atoms with Crippen molar-refractivity contribution in [3.05, 3.63) is 29.8 Å². The number of fused-ring (bicyclic) bond motifs is 1. The van der Waals surface area contributed by atoms with Gasteiger partial charge in [0.2, 0.25) is 17.7 Å². The number of piperidine rings is 1. The third kappa shape index (κ3) is 3.42. The maximum Gasteiger partial charge on any atom is 0.231 e. The summed E-state index contributed by atoms with van der Waals surface area (Å²) in [5.74, 6) is -0.0808. The van der Waals surface area contributed by atoms with Crippen molar-refractivity contribution in [1.29, 1.82) is 0 Å². The molecule has 1 saturated heterocycles. The van der Waals surface area contributed by atoms with Crippen LogP contribution in [0.2, 0.25) is 0 Å². The standard InChI is InChI=1S/C18H23N3O3/c1-13(22)20-9-4-6-15(12-20)18(24)19-8-10-21-16-7-3-2-5-14(16)11-17(21)23/h2-3,5,7,15H,4,6,8-12H2,1H3,(H,19,24). The third-order valence-electron chi connectivity index (χ3n) is 4.80. The summed E-state index contributed by atoms with van der Waals surface area (Å²) in [5, 5.41) is 2.92. The van der Waals surface area contributed by atoms with Gasteiger partial charge in [0.1, 0.15) is 0 Å². The van der Waals surface area contributed by atoms with Crippen LogP contribution in [0.15, 0.2) is 24.3 Å². The van der Waals surface area contributed by atoms with Crippen LogP contribution in [-0.4, -0.2) is 48.8 Å². The molecule has 6 heteroatoms. The van der Waals surface area contributed by atoms with Gasteiger partial charge in [-0.3, -0.25) is 14.4 Å². The normalized spacial score (nSPS) is 20.0. The average molecular weight is 329 g/mol. The molecule has 1 aromatic rings. The second-order valence-corrected chi connectivity index (χ2v) is 6.45. The van der Waals surface area contributed by atoms with Crippen LogP contribution in [0.1, 0.15) is 25.3 Å². The van der Waals surface area contributed by atoms with E-state index >= 15 is 0 Å². The van der Waals surface area contributed by atoms with E-state index in [0.717, 1.165) is 30.6 Å². The number of amides is 3. The minimum absolute atomic E-state index is 0.0202. The van der Waals surface area contributed by atoms with Crippen molar-refractivity contribution in [2.24, 2.45) is 5.92 Å². The van der Waals surface area contributed by atoms with Crippen molar-refractivity contribution in [1.82, 2.24) is 10.2 Å². The molecule has 3 amide bonds. The first-order valence-corrected chi connectivity index (χ1v) is 8.48. The average Bonchev–Trinajstić information content (AvgIpc) is 2.90. The number of hydrogen-bond acceptors (Lipinski definition) is 3. The first-order chi connectivity index (χ1) is 11.6. The van der Waals surface area contributed by atoms with E-state index in [9.17, 15) is 14.4 Å².